The normalized spacial score (nSPS) is 17.9. The molecule has 202 valence electrons. The highest BCUT2D eigenvalue weighted by Gasteiger charge is 2.46. The van der Waals surface area contributed by atoms with Crippen molar-refractivity contribution < 1.29 is 28.9 Å². The summed E-state index contributed by atoms with van der Waals surface area (Å²) in [5.41, 5.74) is 2.19. The first-order chi connectivity index (χ1) is 19.1. The zero-order valence-electron chi connectivity index (χ0n) is 22.1. The van der Waals surface area contributed by atoms with E-state index in [1.807, 2.05) is 54.6 Å². The second kappa shape index (κ2) is 12.1. The molecule has 5 rings (SSSR count). The number of likely N-dealkylation sites (tertiary alicyclic amines) is 1. The molecule has 0 aliphatic carbocycles. The molecule has 0 spiro atoms. The van der Waals surface area contributed by atoms with Gasteiger partial charge in [-0.05, 0) is 54.3 Å². The van der Waals surface area contributed by atoms with Gasteiger partial charge in [0.05, 0.1) is 18.2 Å². The van der Waals surface area contributed by atoms with Gasteiger partial charge >= 0.3 is 0 Å². The van der Waals surface area contributed by atoms with Gasteiger partial charge in [0.1, 0.15) is 24.7 Å². The quantitative estimate of drug-likeness (QED) is 0.158. The summed E-state index contributed by atoms with van der Waals surface area (Å²) in [6.45, 7) is 3.89. The van der Waals surface area contributed by atoms with Crippen molar-refractivity contribution in [2.45, 2.75) is 38.6 Å². The Bertz CT molecular complexity index is 1370. The molecule has 7 nitrogen and oxygen atoms in total. The number of hydrogen-bond donors (Lipinski definition) is 1. The predicted octanol–water partition coefficient (Wildman–Crippen LogP) is 5.69. The number of carbonyl (C=O) groups excluding carboxylic acids is 2. The fraction of sp³-hybridized carbons (Fsp3) is 0.312. The summed E-state index contributed by atoms with van der Waals surface area (Å²) in [4.78, 5) is 28.4. The largest absolute Gasteiger partial charge is 0.507 e. The van der Waals surface area contributed by atoms with Crippen LogP contribution in [0.3, 0.4) is 0 Å². The highest BCUT2D eigenvalue weighted by atomic mass is 16.6. The minimum Gasteiger partial charge on any atom is -0.507 e. The standard InChI is InChI=1S/C32H33NO6/c1-2-3-7-17-37-25-12-8-11-23(20-25)29-28(30(34)24-13-14-26-27(21-24)39-19-18-38-26)31(35)32(36)33(29)16-15-22-9-5-4-6-10-22/h4-6,8-14,20-21,29,34H,2-3,7,15-19H2,1H3/b30-28+/t29-/m1/s1. The maximum Gasteiger partial charge on any atom is 0.295 e. The molecule has 2 heterocycles. The molecule has 3 aromatic rings. The van der Waals surface area contributed by atoms with Gasteiger partial charge in [-0.25, -0.2) is 0 Å². The first-order valence-electron chi connectivity index (χ1n) is 13.5. The molecule has 1 saturated heterocycles. The van der Waals surface area contributed by atoms with E-state index in [-0.39, 0.29) is 11.3 Å². The van der Waals surface area contributed by atoms with Crippen LogP contribution in [0.15, 0.2) is 78.4 Å². The number of aliphatic hydroxyl groups is 1. The molecule has 7 heteroatoms. The van der Waals surface area contributed by atoms with Crippen LogP contribution in [0.1, 0.15) is 48.9 Å². The summed E-state index contributed by atoms with van der Waals surface area (Å²) in [5.74, 6) is 0.135. The minimum atomic E-state index is -0.763. The van der Waals surface area contributed by atoms with Crippen molar-refractivity contribution in [3.05, 3.63) is 95.1 Å². The number of unbranched alkanes of at least 4 members (excludes halogenated alkanes) is 2. The van der Waals surface area contributed by atoms with E-state index in [2.05, 4.69) is 6.92 Å². The zero-order valence-corrected chi connectivity index (χ0v) is 22.1. The highest BCUT2D eigenvalue weighted by Crippen LogP contribution is 2.41. The number of hydrogen-bond acceptors (Lipinski definition) is 6. The maximum absolute atomic E-state index is 13.4. The van der Waals surface area contributed by atoms with Crippen LogP contribution in [0, 0.1) is 0 Å². The minimum absolute atomic E-state index is 0.0490. The van der Waals surface area contributed by atoms with Crippen LogP contribution < -0.4 is 14.2 Å². The van der Waals surface area contributed by atoms with E-state index in [0.717, 1.165) is 24.8 Å². The number of ether oxygens (including phenoxy) is 3. The lowest BCUT2D eigenvalue weighted by Gasteiger charge is -2.26. The molecular weight excluding hydrogens is 494 g/mol. The van der Waals surface area contributed by atoms with Crippen LogP contribution in [0.25, 0.3) is 5.76 Å². The first-order valence-corrected chi connectivity index (χ1v) is 13.5. The Balaban J connectivity index is 1.53. The van der Waals surface area contributed by atoms with E-state index in [9.17, 15) is 14.7 Å². The number of aliphatic hydroxyl groups excluding tert-OH is 1. The van der Waals surface area contributed by atoms with Crippen LogP contribution in [0.2, 0.25) is 0 Å². The molecule has 2 aliphatic rings. The van der Waals surface area contributed by atoms with Crippen molar-refractivity contribution in [2.24, 2.45) is 0 Å². The second-order valence-electron chi connectivity index (χ2n) is 9.71. The lowest BCUT2D eigenvalue weighted by molar-refractivity contribution is -0.139. The Morgan fingerprint density at radius 3 is 2.54 bits per heavy atom. The number of amides is 1. The fourth-order valence-electron chi connectivity index (χ4n) is 5.01. The van der Waals surface area contributed by atoms with Crippen LogP contribution in [-0.4, -0.2) is 48.1 Å². The summed E-state index contributed by atoms with van der Waals surface area (Å²) in [5, 5.41) is 11.5. The van der Waals surface area contributed by atoms with Gasteiger partial charge in [0, 0.05) is 12.1 Å². The predicted molar refractivity (Wildman–Crippen MR) is 148 cm³/mol. The summed E-state index contributed by atoms with van der Waals surface area (Å²) < 4.78 is 17.2. The number of Topliss-reactive ketones (excluding diaryl/α,β-unsaturated/α-hetero) is 1. The second-order valence-corrected chi connectivity index (χ2v) is 9.71. The first kappa shape index (κ1) is 26.4. The molecule has 39 heavy (non-hydrogen) atoms. The number of nitrogens with zero attached hydrogens (tertiary/aromatic N) is 1. The fourth-order valence-corrected chi connectivity index (χ4v) is 5.01. The Morgan fingerprint density at radius 2 is 1.74 bits per heavy atom. The van der Waals surface area contributed by atoms with E-state index < -0.39 is 17.7 Å². The van der Waals surface area contributed by atoms with Gasteiger partial charge in [0.15, 0.2) is 11.5 Å². The van der Waals surface area contributed by atoms with Crippen molar-refractivity contribution in [3.8, 4) is 17.2 Å². The lowest BCUT2D eigenvalue weighted by atomic mass is 9.95. The third-order valence-corrected chi connectivity index (χ3v) is 7.03. The molecule has 0 aromatic heterocycles. The molecule has 0 saturated carbocycles. The number of ketones is 1. The van der Waals surface area contributed by atoms with E-state index in [1.54, 1.807) is 23.1 Å². The molecule has 2 aliphatic heterocycles. The van der Waals surface area contributed by atoms with Crippen molar-refractivity contribution in [1.82, 2.24) is 4.90 Å². The Hall–Kier alpha value is -4.26. The van der Waals surface area contributed by atoms with Crippen molar-refractivity contribution in [2.75, 3.05) is 26.4 Å². The van der Waals surface area contributed by atoms with E-state index >= 15 is 0 Å². The van der Waals surface area contributed by atoms with E-state index in [4.69, 9.17) is 14.2 Å². The van der Waals surface area contributed by atoms with Crippen LogP contribution in [0.5, 0.6) is 17.2 Å². The summed E-state index contributed by atoms with van der Waals surface area (Å²) in [7, 11) is 0. The van der Waals surface area contributed by atoms with Crippen molar-refractivity contribution in [3.63, 3.8) is 0 Å². The third-order valence-electron chi connectivity index (χ3n) is 7.03. The molecule has 1 N–H and O–H groups in total. The summed E-state index contributed by atoms with van der Waals surface area (Å²) in [6, 6.07) is 21.5. The molecule has 0 radical (unpaired) electrons. The maximum atomic E-state index is 13.4. The summed E-state index contributed by atoms with van der Waals surface area (Å²) >= 11 is 0. The van der Waals surface area contributed by atoms with Gasteiger partial charge < -0.3 is 24.2 Å². The average molecular weight is 528 g/mol. The average Bonchev–Trinajstić information content (AvgIpc) is 3.23. The molecule has 3 aromatic carbocycles. The van der Waals surface area contributed by atoms with Crippen molar-refractivity contribution in [1.29, 1.82) is 0 Å². The van der Waals surface area contributed by atoms with Gasteiger partial charge in [-0.3, -0.25) is 9.59 Å². The Kier molecular flexibility index (Phi) is 8.16. The number of fused-ring (bicyclic) bond motifs is 1. The molecule has 1 fully saturated rings. The molecule has 0 bridgehead atoms. The molecule has 0 unspecified atom stereocenters. The van der Waals surface area contributed by atoms with Gasteiger partial charge in [-0.2, -0.15) is 0 Å². The number of rotatable bonds is 10. The van der Waals surface area contributed by atoms with E-state index in [0.29, 0.717) is 61.2 Å². The lowest BCUT2D eigenvalue weighted by Crippen LogP contribution is -2.31. The smallest absolute Gasteiger partial charge is 0.295 e. The molecule has 1 atom stereocenters. The van der Waals surface area contributed by atoms with Crippen molar-refractivity contribution >= 4 is 17.4 Å². The number of benzene rings is 3. The topological polar surface area (TPSA) is 85.3 Å². The van der Waals surface area contributed by atoms with E-state index in [1.165, 1.54) is 0 Å². The number of carbonyl (C=O) groups is 2. The summed E-state index contributed by atoms with van der Waals surface area (Å²) in [6.07, 6.45) is 3.69. The van der Waals surface area contributed by atoms with Crippen LogP contribution >= 0.6 is 0 Å². The SMILES string of the molecule is CCCCCOc1cccc([C@@H]2/C(=C(\O)c3ccc4c(c3)OCCO4)C(=O)C(=O)N2CCc2ccccc2)c1. The highest BCUT2D eigenvalue weighted by molar-refractivity contribution is 6.46. The Labute approximate surface area is 228 Å². The van der Waals surface area contributed by atoms with Crippen LogP contribution in [-0.2, 0) is 16.0 Å². The van der Waals surface area contributed by atoms with Gasteiger partial charge in [0.2, 0.25) is 0 Å². The third kappa shape index (κ3) is 5.77. The van der Waals surface area contributed by atoms with Gasteiger partial charge in [-0.15, -0.1) is 0 Å². The molecule has 1 amide bonds. The zero-order chi connectivity index (χ0) is 27.2. The van der Waals surface area contributed by atoms with Gasteiger partial charge in [-0.1, -0.05) is 62.2 Å². The van der Waals surface area contributed by atoms with Gasteiger partial charge in [0.25, 0.3) is 11.7 Å². The Morgan fingerprint density at radius 1 is 0.949 bits per heavy atom. The molecular formula is C32H33NO6. The van der Waals surface area contributed by atoms with Crippen LogP contribution in [0.4, 0.5) is 0 Å². The monoisotopic (exact) mass is 527 g/mol.